The van der Waals surface area contributed by atoms with E-state index in [2.05, 4.69) is 32.3 Å². The molecule has 0 spiro atoms. The highest BCUT2D eigenvalue weighted by Crippen LogP contribution is 2.30. The van der Waals surface area contributed by atoms with Crippen LogP contribution >= 0.6 is 11.3 Å². The molecule has 162 valence electrons. The minimum Gasteiger partial charge on any atom is -0.478 e. The monoisotopic (exact) mass is 439 g/mol. The number of morpholine rings is 1. The molecule has 4 heterocycles. The number of nitrogens with two attached hydrogens (primary N) is 1. The Morgan fingerprint density at radius 1 is 1.26 bits per heavy atom. The van der Waals surface area contributed by atoms with Crippen LogP contribution in [0.2, 0.25) is 0 Å². The Labute approximate surface area is 185 Å². The van der Waals surface area contributed by atoms with Gasteiger partial charge in [0.2, 0.25) is 5.88 Å². The van der Waals surface area contributed by atoms with Crippen molar-refractivity contribution in [2.45, 2.75) is 13.5 Å². The van der Waals surface area contributed by atoms with E-state index in [0.29, 0.717) is 23.7 Å². The first-order valence-corrected chi connectivity index (χ1v) is 11.0. The summed E-state index contributed by atoms with van der Waals surface area (Å²) in [6.45, 7) is 6.72. The topological polar surface area (TPSA) is 103 Å². The maximum absolute atomic E-state index is 12.8. The fourth-order valence-electron chi connectivity index (χ4n) is 3.30. The molecular formula is C22H25N5O3S. The Morgan fingerprint density at radius 3 is 2.90 bits per heavy atom. The third kappa shape index (κ3) is 5.38. The molecule has 0 bridgehead atoms. The molecule has 3 aromatic heterocycles. The van der Waals surface area contributed by atoms with Gasteiger partial charge in [0.15, 0.2) is 0 Å². The zero-order valence-corrected chi connectivity index (χ0v) is 18.2. The van der Waals surface area contributed by atoms with Gasteiger partial charge in [0, 0.05) is 59.1 Å². The SMILES string of the molecule is CCOc1cc(NC(=O)c2cc(-c3ccc(CN4CCOCC4)s3)cnc2N)ccn1. The number of ether oxygens (including phenoxy) is 2. The van der Waals surface area contributed by atoms with Crippen molar-refractivity contribution in [3.63, 3.8) is 0 Å². The van der Waals surface area contributed by atoms with Crippen LogP contribution in [0.15, 0.2) is 42.7 Å². The number of thiophene rings is 1. The first-order chi connectivity index (χ1) is 15.1. The number of nitrogens with one attached hydrogen (secondary N) is 1. The van der Waals surface area contributed by atoms with Crippen LogP contribution in [0.5, 0.6) is 5.88 Å². The number of nitrogens with zero attached hydrogens (tertiary/aromatic N) is 3. The number of carbonyl (C=O) groups is 1. The van der Waals surface area contributed by atoms with E-state index in [-0.39, 0.29) is 11.7 Å². The summed E-state index contributed by atoms with van der Waals surface area (Å²) in [5.74, 6) is 0.308. The lowest BCUT2D eigenvalue weighted by Crippen LogP contribution is -2.35. The van der Waals surface area contributed by atoms with E-state index in [4.69, 9.17) is 15.2 Å². The molecule has 3 aromatic rings. The minimum absolute atomic E-state index is 0.186. The van der Waals surface area contributed by atoms with E-state index >= 15 is 0 Å². The Balaban J connectivity index is 1.49. The zero-order valence-electron chi connectivity index (χ0n) is 17.3. The van der Waals surface area contributed by atoms with Crippen LogP contribution in [0.1, 0.15) is 22.2 Å². The molecule has 1 saturated heterocycles. The van der Waals surface area contributed by atoms with Crippen LogP contribution < -0.4 is 15.8 Å². The molecule has 1 aliphatic rings. The maximum Gasteiger partial charge on any atom is 0.259 e. The normalized spacial score (nSPS) is 14.4. The Morgan fingerprint density at radius 2 is 2.10 bits per heavy atom. The third-order valence-corrected chi connectivity index (χ3v) is 6.00. The lowest BCUT2D eigenvalue weighted by molar-refractivity contribution is 0.0346. The van der Waals surface area contributed by atoms with Crippen molar-refractivity contribution < 1.29 is 14.3 Å². The summed E-state index contributed by atoms with van der Waals surface area (Å²) in [6.07, 6.45) is 3.29. The number of nitrogen functional groups attached to an aromatic ring is 1. The van der Waals surface area contributed by atoms with E-state index in [9.17, 15) is 4.79 Å². The molecular weight excluding hydrogens is 414 g/mol. The van der Waals surface area contributed by atoms with Gasteiger partial charge in [-0.15, -0.1) is 11.3 Å². The molecule has 0 aromatic carbocycles. The van der Waals surface area contributed by atoms with E-state index < -0.39 is 0 Å². The fraction of sp³-hybridized carbons (Fsp3) is 0.318. The Bertz CT molecular complexity index is 1050. The molecule has 9 heteroatoms. The molecule has 0 atom stereocenters. The minimum atomic E-state index is -0.328. The lowest BCUT2D eigenvalue weighted by Gasteiger charge is -2.25. The van der Waals surface area contributed by atoms with E-state index in [1.807, 2.05) is 6.92 Å². The number of pyridine rings is 2. The van der Waals surface area contributed by atoms with Crippen molar-refractivity contribution in [1.82, 2.24) is 14.9 Å². The van der Waals surface area contributed by atoms with Crippen LogP contribution in [0.25, 0.3) is 10.4 Å². The summed E-state index contributed by atoms with van der Waals surface area (Å²) in [5.41, 5.74) is 7.78. The number of aromatic nitrogens is 2. The van der Waals surface area contributed by atoms with Gasteiger partial charge in [-0.3, -0.25) is 9.69 Å². The van der Waals surface area contributed by atoms with Crippen molar-refractivity contribution in [2.24, 2.45) is 0 Å². The van der Waals surface area contributed by atoms with Crippen LogP contribution in [0.3, 0.4) is 0 Å². The number of hydrogen-bond donors (Lipinski definition) is 2. The molecule has 1 amide bonds. The van der Waals surface area contributed by atoms with Gasteiger partial charge < -0.3 is 20.5 Å². The highest BCUT2D eigenvalue weighted by Gasteiger charge is 2.16. The number of anilines is 2. The molecule has 8 nitrogen and oxygen atoms in total. The van der Waals surface area contributed by atoms with Gasteiger partial charge in [-0.2, -0.15) is 0 Å². The molecule has 3 N–H and O–H groups in total. The second-order valence-electron chi connectivity index (χ2n) is 7.08. The summed E-state index contributed by atoms with van der Waals surface area (Å²) < 4.78 is 10.8. The molecule has 0 radical (unpaired) electrons. The van der Waals surface area contributed by atoms with Crippen LogP contribution in [-0.2, 0) is 11.3 Å². The largest absolute Gasteiger partial charge is 0.478 e. The molecule has 0 unspecified atom stereocenters. The predicted molar refractivity (Wildman–Crippen MR) is 121 cm³/mol. The molecule has 1 fully saturated rings. The van der Waals surface area contributed by atoms with Gasteiger partial charge in [-0.05, 0) is 31.2 Å². The average Bonchev–Trinajstić information content (AvgIpc) is 3.23. The smallest absolute Gasteiger partial charge is 0.259 e. The molecule has 1 aliphatic heterocycles. The van der Waals surface area contributed by atoms with Gasteiger partial charge in [-0.25, -0.2) is 9.97 Å². The van der Waals surface area contributed by atoms with Crippen LogP contribution in [0, 0.1) is 0 Å². The second-order valence-corrected chi connectivity index (χ2v) is 8.25. The van der Waals surface area contributed by atoms with E-state index in [1.54, 1.807) is 41.9 Å². The van der Waals surface area contributed by atoms with Crippen molar-refractivity contribution in [1.29, 1.82) is 0 Å². The summed E-state index contributed by atoms with van der Waals surface area (Å²) >= 11 is 1.70. The Hall–Kier alpha value is -3.01. The summed E-state index contributed by atoms with van der Waals surface area (Å²) in [5, 5.41) is 2.84. The lowest BCUT2D eigenvalue weighted by atomic mass is 10.1. The average molecular weight is 440 g/mol. The fourth-order valence-corrected chi connectivity index (χ4v) is 4.33. The van der Waals surface area contributed by atoms with E-state index in [1.165, 1.54) is 4.88 Å². The third-order valence-electron chi connectivity index (χ3n) is 4.88. The Kier molecular flexibility index (Phi) is 6.76. The highest BCUT2D eigenvalue weighted by atomic mass is 32.1. The van der Waals surface area contributed by atoms with Crippen LogP contribution in [0.4, 0.5) is 11.5 Å². The number of rotatable bonds is 7. The first-order valence-electron chi connectivity index (χ1n) is 10.2. The van der Waals surface area contributed by atoms with Gasteiger partial charge in [0.1, 0.15) is 5.82 Å². The van der Waals surface area contributed by atoms with Gasteiger partial charge >= 0.3 is 0 Å². The predicted octanol–water partition coefficient (Wildman–Crippen LogP) is 3.27. The molecule has 31 heavy (non-hydrogen) atoms. The zero-order chi connectivity index (χ0) is 21.6. The standard InChI is InChI=1S/C22H25N5O3S/c1-2-30-20-12-16(5-6-24-20)26-22(28)18-11-15(13-25-21(18)23)19-4-3-17(31-19)14-27-7-9-29-10-8-27/h3-6,11-13H,2,7-10,14H2,1H3,(H2,23,25)(H,24,26,28). The first kappa shape index (κ1) is 21.2. The van der Waals surface area contributed by atoms with E-state index in [0.717, 1.165) is 43.3 Å². The molecule has 4 rings (SSSR count). The summed E-state index contributed by atoms with van der Waals surface area (Å²) in [7, 11) is 0. The van der Waals surface area contributed by atoms with Gasteiger partial charge in [0.25, 0.3) is 5.91 Å². The van der Waals surface area contributed by atoms with Gasteiger partial charge in [0.05, 0.1) is 25.4 Å². The van der Waals surface area contributed by atoms with Crippen molar-refractivity contribution in [3.8, 4) is 16.3 Å². The second kappa shape index (κ2) is 9.86. The quantitative estimate of drug-likeness (QED) is 0.582. The summed E-state index contributed by atoms with van der Waals surface area (Å²) in [6, 6.07) is 9.34. The van der Waals surface area contributed by atoms with Crippen molar-refractivity contribution in [3.05, 3.63) is 53.2 Å². The number of hydrogen-bond acceptors (Lipinski definition) is 8. The van der Waals surface area contributed by atoms with Crippen LogP contribution in [-0.4, -0.2) is 53.7 Å². The van der Waals surface area contributed by atoms with Crippen molar-refractivity contribution in [2.75, 3.05) is 44.0 Å². The van der Waals surface area contributed by atoms with Gasteiger partial charge in [-0.1, -0.05) is 0 Å². The molecule has 0 saturated carbocycles. The summed E-state index contributed by atoms with van der Waals surface area (Å²) in [4.78, 5) is 25.9. The number of amides is 1. The maximum atomic E-state index is 12.8. The number of carbonyl (C=O) groups excluding carboxylic acids is 1. The molecule has 0 aliphatic carbocycles. The highest BCUT2D eigenvalue weighted by molar-refractivity contribution is 7.15. The van der Waals surface area contributed by atoms with Crippen molar-refractivity contribution >= 4 is 28.7 Å².